The van der Waals surface area contributed by atoms with Crippen LogP contribution in [0.1, 0.15) is 18.5 Å². The molecule has 0 unspecified atom stereocenters. The molecular formula is C10H16ClN3O2S2. The van der Waals surface area contributed by atoms with E-state index in [1.54, 1.807) is 6.92 Å². The molecule has 2 heterocycles. The highest BCUT2D eigenvalue weighted by Crippen LogP contribution is 2.27. The summed E-state index contributed by atoms with van der Waals surface area (Å²) in [6, 6.07) is 0.00600. The fraction of sp³-hybridized carbons (Fsp3) is 0.700. The van der Waals surface area contributed by atoms with Crippen LogP contribution in [0.25, 0.3) is 0 Å². The number of rotatable bonds is 3. The summed E-state index contributed by atoms with van der Waals surface area (Å²) in [5.41, 5.74) is 0.463. The molecule has 1 aliphatic heterocycles. The number of thiazole rings is 1. The Labute approximate surface area is 116 Å². The van der Waals surface area contributed by atoms with Crippen LogP contribution >= 0.6 is 22.9 Å². The average Bonchev–Trinajstić information content (AvgIpc) is 2.62. The highest BCUT2D eigenvalue weighted by atomic mass is 35.5. The van der Waals surface area contributed by atoms with Gasteiger partial charge in [0.15, 0.2) is 8.68 Å². The maximum atomic E-state index is 12.2. The van der Waals surface area contributed by atoms with Crippen molar-refractivity contribution >= 4 is 33.0 Å². The smallest absolute Gasteiger partial charge is 0.252 e. The van der Waals surface area contributed by atoms with Crippen molar-refractivity contribution in [3.8, 4) is 0 Å². The van der Waals surface area contributed by atoms with Crippen LogP contribution < -0.4 is 4.72 Å². The summed E-state index contributed by atoms with van der Waals surface area (Å²) in [5.74, 6) is 0. The number of sulfonamides is 1. The van der Waals surface area contributed by atoms with E-state index in [9.17, 15) is 8.42 Å². The van der Waals surface area contributed by atoms with Gasteiger partial charge in [-0.2, -0.15) is 0 Å². The Hall–Kier alpha value is -0.210. The van der Waals surface area contributed by atoms with Gasteiger partial charge in [0, 0.05) is 6.04 Å². The van der Waals surface area contributed by atoms with Gasteiger partial charge in [-0.05, 0) is 39.9 Å². The zero-order chi connectivity index (χ0) is 13.3. The minimum Gasteiger partial charge on any atom is -0.306 e. The number of aryl methyl sites for hydroxylation is 1. The van der Waals surface area contributed by atoms with E-state index in [4.69, 9.17) is 11.6 Å². The van der Waals surface area contributed by atoms with E-state index in [-0.39, 0.29) is 14.7 Å². The Bertz CT molecular complexity index is 521. The number of hydrogen-bond acceptors (Lipinski definition) is 5. The molecule has 0 atom stereocenters. The van der Waals surface area contributed by atoms with Crippen LogP contribution in [0.4, 0.5) is 0 Å². The molecule has 102 valence electrons. The van der Waals surface area contributed by atoms with Crippen LogP contribution in [0.15, 0.2) is 4.21 Å². The number of likely N-dealkylation sites (tertiary alicyclic amines) is 1. The van der Waals surface area contributed by atoms with E-state index in [0.717, 1.165) is 37.3 Å². The summed E-state index contributed by atoms with van der Waals surface area (Å²) in [6.45, 7) is 3.48. The number of halogens is 1. The van der Waals surface area contributed by atoms with Crippen molar-refractivity contribution in [2.75, 3.05) is 20.1 Å². The van der Waals surface area contributed by atoms with Crippen molar-refractivity contribution in [2.45, 2.75) is 30.0 Å². The first kappa shape index (κ1) is 14.2. The molecule has 0 radical (unpaired) electrons. The van der Waals surface area contributed by atoms with E-state index in [1.807, 2.05) is 7.05 Å². The topological polar surface area (TPSA) is 62.3 Å². The lowest BCUT2D eigenvalue weighted by Gasteiger charge is -2.29. The molecule has 2 rings (SSSR count). The van der Waals surface area contributed by atoms with Crippen molar-refractivity contribution in [3.63, 3.8) is 0 Å². The average molecular weight is 310 g/mol. The SMILES string of the molecule is Cc1nc(Cl)sc1S(=O)(=O)NC1CCN(C)CC1. The molecule has 0 spiro atoms. The molecule has 0 bridgehead atoms. The Kier molecular flexibility index (Phi) is 4.28. The summed E-state index contributed by atoms with van der Waals surface area (Å²) < 4.78 is 27.6. The molecule has 0 saturated carbocycles. The third kappa shape index (κ3) is 3.21. The third-order valence-electron chi connectivity index (χ3n) is 3.01. The minimum absolute atomic E-state index is 0.00600. The lowest BCUT2D eigenvalue weighted by atomic mass is 10.1. The number of hydrogen-bond donors (Lipinski definition) is 1. The second kappa shape index (κ2) is 5.42. The fourth-order valence-corrected chi connectivity index (χ4v) is 5.06. The summed E-state index contributed by atoms with van der Waals surface area (Å²) in [5, 5.41) is 0. The van der Waals surface area contributed by atoms with Gasteiger partial charge in [-0.15, -0.1) is 0 Å². The lowest BCUT2D eigenvalue weighted by Crippen LogP contribution is -2.43. The first-order valence-electron chi connectivity index (χ1n) is 5.72. The maximum absolute atomic E-state index is 12.2. The molecular weight excluding hydrogens is 294 g/mol. The molecule has 1 aromatic heterocycles. The second-order valence-corrected chi connectivity index (χ2v) is 8.03. The Morgan fingerprint density at radius 2 is 2.06 bits per heavy atom. The fourth-order valence-electron chi connectivity index (χ4n) is 2.00. The van der Waals surface area contributed by atoms with E-state index in [2.05, 4.69) is 14.6 Å². The zero-order valence-corrected chi connectivity index (χ0v) is 12.7. The molecule has 18 heavy (non-hydrogen) atoms. The zero-order valence-electron chi connectivity index (χ0n) is 10.3. The van der Waals surface area contributed by atoms with E-state index in [0.29, 0.717) is 5.69 Å². The molecule has 0 aromatic carbocycles. The van der Waals surface area contributed by atoms with Crippen LogP contribution in [0.3, 0.4) is 0 Å². The number of aromatic nitrogens is 1. The van der Waals surface area contributed by atoms with Gasteiger partial charge in [0.25, 0.3) is 10.0 Å². The quantitative estimate of drug-likeness (QED) is 0.918. The number of piperidine rings is 1. The van der Waals surface area contributed by atoms with Crippen LogP contribution in [0.5, 0.6) is 0 Å². The molecule has 0 amide bonds. The summed E-state index contributed by atoms with van der Waals surface area (Å²) in [6.07, 6.45) is 1.67. The number of nitrogens with one attached hydrogen (secondary N) is 1. The minimum atomic E-state index is -3.48. The maximum Gasteiger partial charge on any atom is 0.252 e. The first-order valence-corrected chi connectivity index (χ1v) is 8.40. The summed E-state index contributed by atoms with van der Waals surface area (Å²) in [4.78, 5) is 6.13. The Morgan fingerprint density at radius 1 is 1.44 bits per heavy atom. The van der Waals surface area contributed by atoms with Crippen molar-refractivity contribution in [1.82, 2.24) is 14.6 Å². The second-order valence-electron chi connectivity index (χ2n) is 4.54. The largest absolute Gasteiger partial charge is 0.306 e. The van der Waals surface area contributed by atoms with Gasteiger partial charge in [0.2, 0.25) is 0 Å². The van der Waals surface area contributed by atoms with Crippen molar-refractivity contribution in [3.05, 3.63) is 10.2 Å². The van der Waals surface area contributed by atoms with Crippen molar-refractivity contribution < 1.29 is 8.42 Å². The van der Waals surface area contributed by atoms with Crippen molar-refractivity contribution in [2.24, 2.45) is 0 Å². The first-order chi connectivity index (χ1) is 8.38. The summed E-state index contributed by atoms with van der Waals surface area (Å²) >= 11 is 6.75. The van der Waals surface area contributed by atoms with E-state index >= 15 is 0 Å². The molecule has 0 aliphatic carbocycles. The van der Waals surface area contributed by atoms with Crippen LogP contribution in [-0.2, 0) is 10.0 Å². The van der Waals surface area contributed by atoms with Crippen LogP contribution in [0, 0.1) is 6.92 Å². The Balaban J connectivity index is 2.10. The van der Waals surface area contributed by atoms with Gasteiger partial charge in [-0.3, -0.25) is 0 Å². The van der Waals surface area contributed by atoms with Gasteiger partial charge in [-0.25, -0.2) is 18.1 Å². The molecule has 1 aromatic rings. The molecule has 1 aliphatic rings. The molecule has 1 N–H and O–H groups in total. The van der Waals surface area contributed by atoms with Crippen LogP contribution in [-0.4, -0.2) is 44.5 Å². The van der Waals surface area contributed by atoms with E-state index in [1.165, 1.54) is 0 Å². The highest BCUT2D eigenvalue weighted by Gasteiger charge is 2.26. The van der Waals surface area contributed by atoms with Gasteiger partial charge in [0.1, 0.15) is 0 Å². The van der Waals surface area contributed by atoms with E-state index < -0.39 is 10.0 Å². The number of nitrogens with zero attached hydrogens (tertiary/aromatic N) is 2. The van der Waals surface area contributed by atoms with Crippen molar-refractivity contribution in [1.29, 1.82) is 0 Å². The van der Waals surface area contributed by atoms with Gasteiger partial charge < -0.3 is 4.90 Å². The van der Waals surface area contributed by atoms with Gasteiger partial charge in [0.05, 0.1) is 5.69 Å². The van der Waals surface area contributed by atoms with Crippen LogP contribution in [0.2, 0.25) is 4.47 Å². The lowest BCUT2D eigenvalue weighted by molar-refractivity contribution is 0.248. The third-order valence-corrected chi connectivity index (χ3v) is 6.40. The predicted octanol–water partition coefficient (Wildman–Crippen LogP) is 1.48. The Morgan fingerprint density at radius 3 is 2.56 bits per heavy atom. The normalized spacial score (nSPS) is 19.3. The highest BCUT2D eigenvalue weighted by molar-refractivity contribution is 7.91. The standard InChI is InChI=1S/C10H16ClN3O2S2/c1-7-9(17-10(11)12-7)18(15,16)13-8-3-5-14(2)6-4-8/h8,13H,3-6H2,1-2H3. The molecule has 1 saturated heterocycles. The molecule has 1 fully saturated rings. The predicted molar refractivity (Wildman–Crippen MR) is 72.7 cm³/mol. The summed E-state index contributed by atoms with van der Waals surface area (Å²) in [7, 11) is -1.44. The van der Waals surface area contributed by atoms with Gasteiger partial charge in [-0.1, -0.05) is 22.9 Å². The monoisotopic (exact) mass is 309 g/mol. The molecule has 5 nitrogen and oxygen atoms in total. The van der Waals surface area contributed by atoms with Gasteiger partial charge >= 0.3 is 0 Å². The molecule has 8 heteroatoms.